The number of fused-ring (bicyclic) bond motifs is 3. The molecule has 6 nitrogen and oxygen atoms in total. The number of hydrogen-bond donors (Lipinski definition) is 2. The molecule has 0 aromatic heterocycles. The molecule has 1 aliphatic carbocycles. The summed E-state index contributed by atoms with van der Waals surface area (Å²) in [4.78, 5) is 24.4. The summed E-state index contributed by atoms with van der Waals surface area (Å²) in [7, 11) is 0. The van der Waals surface area contributed by atoms with E-state index in [-0.39, 0.29) is 12.5 Å². The van der Waals surface area contributed by atoms with Crippen molar-refractivity contribution in [1.82, 2.24) is 4.90 Å². The van der Waals surface area contributed by atoms with Gasteiger partial charge in [-0.25, -0.2) is 14.0 Å². The molecule has 2 aromatic rings. The lowest BCUT2D eigenvalue weighted by atomic mass is 9.98. The number of nitrogens with zero attached hydrogens (tertiary/aromatic N) is 1. The van der Waals surface area contributed by atoms with Crippen LogP contribution >= 0.6 is 0 Å². The Morgan fingerprint density at radius 2 is 1.63 bits per heavy atom. The number of carbonyl (C=O) groups excluding carboxylic acids is 1. The number of carboxylic acids is 1. The molecule has 2 aromatic carbocycles. The third-order valence-electron chi connectivity index (χ3n) is 5.21. The maximum atomic E-state index is 13.9. The highest BCUT2D eigenvalue weighted by molar-refractivity contribution is 5.82. The van der Waals surface area contributed by atoms with Crippen LogP contribution < -0.4 is 0 Å². The van der Waals surface area contributed by atoms with Gasteiger partial charge < -0.3 is 14.9 Å². The molecule has 2 aliphatic rings. The topological polar surface area (TPSA) is 87.1 Å². The van der Waals surface area contributed by atoms with Crippen LogP contribution in [-0.4, -0.2) is 58.6 Å². The summed E-state index contributed by atoms with van der Waals surface area (Å²) < 4.78 is 19.2. The van der Waals surface area contributed by atoms with Crippen molar-refractivity contribution in [2.75, 3.05) is 13.2 Å². The lowest BCUT2D eigenvalue weighted by molar-refractivity contribution is -0.143. The van der Waals surface area contributed by atoms with E-state index in [9.17, 15) is 19.1 Å². The lowest BCUT2D eigenvalue weighted by Gasteiger charge is -2.22. The van der Waals surface area contributed by atoms with E-state index in [0.29, 0.717) is 0 Å². The second kappa shape index (κ2) is 6.66. The predicted octanol–water partition coefficient (Wildman–Crippen LogP) is 2.40. The van der Waals surface area contributed by atoms with Crippen LogP contribution in [0.1, 0.15) is 17.0 Å². The average molecular weight is 371 g/mol. The maximum absolute atomic E-state index is 13.9. The van der Waals surface area contributed by atoms with E-state index in [1.54, 1.807) is 0 Å². The molecule has 1 amide bonds. The number of ether oxygens (including phenoxy) is 1. The summed E-state index contributed by atoms with van der Waals surface area (Å²) in [5, 5.41) is 18.7. The van der Waals surface area contributed by atoms with Crippen molar-refractivity contribution >= 4 is 12.1 Å². The van der Waals surface area contributed by atoms with Gasteiger partial charge in [0.1, 0.15) is 12.7 Å². The first kappa shape index (κ1) is 17.5. The molecule has 140 valence electrons. The van der Waals surface area contributed by atoms with Gasteiger partial charge in [-0.3, -0.25) is 4.90 Å². The van der Waals surface area contributed by atoms with Gasteiger partial charge in [0.25, 0.3) is 0 Å². The molecule has 0 saturated carbocycles. The number of aliphatic carboxylic acids is 1. The van der Waals surface area contributed by atoms with E-state index < -0.39 is 36.9 Å². The minimum absolute atomic E-state index is 0.00272. The summed E-state index contributed by atoms with van der Waals surface area (Å²) in [6, 6.07) is 13.9. The number of carbonyl (C=O) groups is 2. The first-order valence-electron chi connectivity index (χ1n) is 8.65. The van der Waals surface area contributed by atoms with Crippen LogP contribution in [0.2, 0.25) is 0 Å². The molecule has 0 radical (unpaired) electrons. The maximum Gasteiger partial charge on any atom is 0.410 e. The summed E-state index contributed by atoms with van der Waals surface area (Å²) >= 11 is 0. The van der Waals surface area contributed by atoms with E-state index in [4.69, 9.17) is 9.84 Å². The van der Waals surface area contributed by atoms with Gasteiger partial charge in [-0.15, -0.1) is 0 Å². The molecule has 1 fully saturated rings. The van der Waals surface area contributed by atoms with Crippen molar-refractivity contribution in [2.45, 2.75) is 24.2 Å². The Hall–Kier alpha value is -2.93. The number of rotatable bonds is 3. The molecule has 1 saturated heterocycles. The van der Waals surface area contributed by atoms with E-state index in [2.05, 4.69) is 0 Å². The summed E-state index contributed by atoms with van der Waals surface area (Å²) in [5.74, 6) is -1.69. The molecule has 0 unspecified atom stereocenters. The molecule has 0 spiro atoms. The summed E-state index contributed by atoms with van der Waals surface area (Å²) in [6.07, 6.45) is -4.52. The molecular weight excluding hydrogens is 353 g/mol. The number of alkyl halides is 1. The quantitative estimate of drug-likeness (QED) is 0.865. The highest BCUT2D eigenvalue weighted by Crippen LogP contribution is 2.44. The van der Waals surface area contributed by atoms with Crippen molar-refractivity contribution < 1.29 is 28.9 Å². The lowest BCUT2D eigenvalue weighted by Crippen LogP contribution is -2.44. The first-order valence-corrected chi connectivity index (χ1v) is 8.65. The number of amides is 1. The van der Waals surface area contributed by atoms with Crippen LogP contribution in [0.15, 0.2) is 48.5 Å². The first-order chi connectivity index (χ1) is 13.0. The van der Waals surface area contributed by atoms with Crippen molar-refractivity contribution in [1.29, 1.82) is 0 Å². The van der Waals surface area contributed by atoms with Crippen LogP contribution in [0.4, 0.5) is 9.18 Å². The zero-order valence-corrected chi connectivity index (χ0v) is 14.3. The largest absolute Gasteiger partial charge is 0.480 e. The van der Waals surface area contributed by atoms with Gasteiger partial charge in [0, 0.05) is 5.92 Å². The van der Waals surface area contributed by atoms with E-state index in [1.807, 2.05) is 48.5 Å². The normalized spacial score (nSPS) is 23.8. The number of carboxylic acid groups (broad SMARTS) is 1. The second-order valence-corrected chi connectivity index (χ2v) is 6.75. The van der Waals surface area contributed by atoms with Crippen LogP contribution in [0, 0.1) is 0 Å². The van der Waals surface area contributed by atoms with E-state index in [1.165, 1.54) is 0 Å². The molecule has 3 atom stereocenters. The Morgan fingerprint density at radius 1 is 1.07 bits per heavy atom. The van der Waals surface area contributed by atoms with E-state index in [0.717, 1.165) is 27.2 Å². The zero-order chi connectivity index (χ0) is 19.1. The molecule has 27 heavy (non-hydrogen) atoms. The molecule has 1 heterocycles. The standard InChI is InChI=1S/C20H18FNO5/c21-17-16(23)9-22(18(17)19(24)25)20(26)27-10-15-13-7-3-1-5-11(13)12-6-2-4-8-14(12)15/h1-8,15-18,23H,9-10H2,(H,24,25)/t16-,17-,18-/m0/s1. The predicted molar refractivity (Wildman–Crippen MR) is 94.1 cm³/mol. The Kier molecular flexibility index (Phi) is 4.31. The Labute approximate surface area is 154 Å². The van der Waals surface area contributed by atoms with Gasteiger partial charge in [-0.05, 0) is 22.3 Å². The van der Waals surface area contributed by atoms with Crippen LogP contribution in [0.5, 0.6) is 0 Å². The van der Waals surface area contributed by atoms with Gasteiger partial charge in [-0.2, -0.15) is 0 Å². The van der Waals surface area contributed by atoms with Crippen LogP contribution in [0.3, 0.4) is 0 Å². The smallest absolute Gasteiger partial charge is 0.410 e. The molecular formula is C20H18FNO5. The van der Waals surface area contributed by atoms with Crippen LogP contribution in [0.25, 0.3) is 11.1 Å². The number of halogens is 1. The van der Waals surface area contributed by atoms with Gasteiger partial charge in [-0.1, -0.05) is 48.5 Å². The number of aliphatic hydroxyl groups is 1. The van der Waals surface area contributed by atoms with Gasteiger partial charge in [0.2, 0.25) is 0 Å². The zero-order valence-electron chi connectivity index (χ0n) is 14.3. The highest BCUT2D eigenvalue weighted by atomic mass is 19.1. The third-order valence-corrected chi connectivity index (χ3v) is 5.21. The van der Waals surface area contributed by atoms with Crippen molar-refractivity contribution in [3.63, 3.8) is 0 Å². The molecule has 2 N–H and O–H groups in total. The Balaban J connectivity index is 1.54. The Bertz CT molecular complexity index is 856. The molecule has 4 rings (SSSR count). The molecule has 1 aliphatic heterocycles. The number of β-amino-alcohol motifs (C(OH)–C–C–N with tert-alkyl or cyclic N) is 1. The average Bonchev–Trinajstić information content (AvgIpc) is 3.15. The Morgan fingerprint density at radius 3 is 2.19 bits per heavy atom. The fourth-order valence-corrected chi connectivity index (χ4v) is 3.93. The van der Waals surface area contributed by atoms with Crippen molar-refractivity contribution in [3.8, 4) is 11.1 Å². The molecule has 0 bridgehead atoms. The monoisotopic (exact) mass is 371 g/mol. The second-order valence-electron chi connectivity index (χ2n) is 6.75. The van der Waals surface area contributed by atoms with Crippen molar-refractivity contribution in [3.05, 3.63) is 59.7 Å². The SMILES string of the molecule is O=C(O)[C@@H]1[C@@H](F)[C@@H](O)CN1C(=O)OCC1c2ccccc2-c2ccccc21. The van der Waals surface area contributed by atoms with Crippen molar-refractivity contribution in [2.24, 2.45) is 0 Å². The minimum atomic E-state index is -2.04. The number of benzene rings is 2. The van der Waals surface area contributed by atoms with Gasteiger partial charge in [0.05, 0.1) is 6.54 Å². The summed E-state index contributed by atoms with van der Waals surface area (Å²) in [6.45, 7) is -0.405. The number of aliphatic hydroxyl groups excluding tert-OH is 1. The van der Waals surface area contributed by atoms with Crippen LogP contribution in [-0.2, 0) is 9.53 Å². The van der Waals surface area contributed by atoms with Gasteiger partial charge >= 0.3 is 12.1 Å². The number of hydrogen-bond acceptors (Lipinski definition) is 4. The van der Waals surface area contributed by atoms with Gasteiger partial charge in [0.15, 0.2) is 12.2 Å². The third kappa shape index (κ3) is 2.84. The molecule has 7 heteroatoms. The number of likely N-dealkylation sites (tertiary alicyclic amines) is 1. The fraction of sp³-hybridized carbons (Fsp3) is 0.300. The highest BCUT2D eigenvalue weighted by Gasteiger charge is 2.49. The minimum Gasteiger partial charge on any atom is -0.480 e. The summed E-state index contributed by atoms with van der Waals surface area (Å²) in [5.41, 5.74) is 4.17. The fourth-order valence-electron chi connectivity index (χ4n) is 3.93. The van der Waals surface area contributed by atoms with E-state index >= 15 is 0 Å².